The second kappa shape index (κ2) is 7.78. The lowest BCUT2D eigenvalue weighted by Crippen LogP contribution is -2.18. The molecule has 0 saturated carbocycles. The average molecular weight is 216 g/mol. The Kier molecular flexibility index (Phi) is 6.96. The Labute approximate surface area is 88.3 Å². The van der Waals surface area contributed by atoms with E-state index in [9.17, 15) is 9.59 Å². The molecule has 0 aromatic heterocycles. The third-order valence-corrected chi connectivity index (χ3v) is 1.55. The van der Waals surface area contributed by atoms with Crippen molar-refractivity contribution in [3.05, 3.63) is 0 Å². The normalized spacial score (nSPS) is 12.4. The van der Waals surface area contributed by atoms with E-state index in [0.717, 1.165) is 0 Å². The van der Waals surface area contributed by atoms with Crippen molar-refractivity contribution in [1.82, 2.24) is 5.43 Å². The Bertz CT molecular complexity index is 240. The Morgan fingerprint density at radius 1 is 1.60 bits per heavy atom. The first-order valence-electron chi connectivity index (χ1n) is 4.72. The molecule has 6 nitrogen and oxygen atoms in total. The number of hydrogen-bond acceptors (Lipinski definition) is 4. The summed E-state index contributed by atoms with van der Waals surface area (Å²) in [5, 5.41) is 12.1. The minimum absolute atomic E-state index is 0.00440. The Morgan fingerprint density at radius 2 is 2.27 bits per heavy atom. The van der Waals surface area contributed by atoms with Gasteiger partial charge in [-0.1, -0.05) is 6.92 Å². The molecule has 0 aliphatic heterocycles. The van der Waals surface area contributed by atoms with E-state index in [0.29, 0.717) is 6.42 Å². The highest BCUT2D eigenvalue weighted by atomic mass is 16.5. The molecule has 1 atom stereocenters. The van der Waals surface area contributed by atoms with Gasteiger partial charge >= 0.3 is 12.1 Å². The van der Waals surface area contributed by atoms with E-state index in [1.807, 2.05) is 0 Å². The van der Waals surface area contributed by atoms with E-state index in [1.165, 1.54) is 6.21 Å². The van der Waals surface area contributed by atoms with Crippen molar-refractivity contribution in [2.24, 2.45) is 11.0 Å². The zero-order valence-corrected chi connectivity index (χ0v) is 8.90. The maximum atomic E-state index is 10.7. The molecule has 0 bridgehead atoms. The molecular formula is C9H16N2O4. The van der Waals surface area contributed by atoms with Gasteiger partial charge in [0.2, 0.25) is 0 Å². The fraction of sp³-hybridized carbons (Fsp3) is 0.667. The smallest absolute Gasteiger partial charge is 0.427 e. The number of hydrazone groups is 1. The van der Waals surface area contributed by atoms with Crippen LogP contribution in [-0.2, 0) is 9.53 Å². The summed E-state index contributed by atoms with van der Waals surface area (Å²) >= 11 is 0. The summed E-state index contributed by atoms with van der Waals surface area (Å²) in [7, 11) is 0. The van der Waals surface area contributed by atoms with Crippen molar-refractivity contribution in [2.45, 2.75) is 26.7 Å². The number of amides is 1. The lowest BCUT2D eigenvalue weighted by molar-refractivity contribution is -0.137. The number of carboxylic acids is 1. The summed E-state index contributed by atoms with van der Waals surface area (Å²) < 4.78 is 4.56. The number of nitrogens with one attached hydrogen (secondary N) is 1. The molecule has 1 amide bonds. The van der Waals surface area contributed by atoms with Crippen molar-refractivity contribution in [3.63, 3.8) is 0 Å². The molecule has 6 heteroatoms. The standard InChI is InChI=1S/C9H16N2O4/c1-3-15-9(14)11-10-5-4-7(2)6-8(12)13/h5,7H,3-4,6H2,1-2H3,(H,11,14)(H,12,13). The fourth-order valence-electron chi connectivity index (χ4n) is 0.876. The van der Waals surface area contributed by atoms with Crippen LogP contribution in [0.1, 0.15) is 26.7 Å². The molecule has 86 valence electrons. The van der Waals surface area contributed by atoms with Crippen LogP contribution in [0.2, 0.25) is 0 Å². The first-order valence-corrected chi connectivity index (χ1v) is 4.72. The van der Waals surface area contributed by atoms with Gasteiger partial charge < -0.3 is 9.84 Å². The highest BCUT2D eigenvalue weighted by molar-refractivity contribution is 5.70. The summed E-state index contributed by atoms with van der Waals surface area (Å²) in [6.45, 7) is 3.78. The lowest BCUT2D eigenvalue weighted by atomic mass is 10.1. The minimum Gasteiger partial charge on any atom is -0.481 e. The third-order valence-electron chi connectivity index (χ3n) is 1.55. The highest BCUT2D eigenvalue weighted by Gasteiger charge is 2.05. The quantitative estimate of drug-likeness (QED) is 0.516. The average Bonchev–Trinajstić information content (AvgIpc) is 2.12. The molecular weight excluding hydrogens is 200 g/mol. The van der Waals surface area contributed by atoms with E-state index >= 15 is 0 Å². The summed E-state index contributed by atoms with van der Waals surface area (Å²) in [6, 6.07) is 0. The number of nitrogens with zero attached hydrogens (tertiary/aromatic N) is 1. The summed E-state index contributed by atoms with van der Waals surface area (Å²) in [6.07, 6.45) is 1.44. The van der Waals surface area contributed by atoms with Gasteiger partial charge in [-0.05, 0) is 19.3 Å². The van der Waals surface area contributed by atoms with Crippen LogP contribution in [0.4, 0.5) is 4.79 Å². The molecule has 0 heterocycles. The number of rotatable bonds is 6. The van der Waals surface area contributed by atoms with Gasteiger partial charge in [0, 0.05) is 12.6 Å². The van der Waals surface area contributed by atoms with E-state index in [1.54, 1.807) is 13.8 Å². The van der Waals surface area contributed by atoms with Crippen LogP contribution >= 0.6 is 0 Å². The van der Waals surface area contributed by atoms with Crippen LogP contribution < -0.4 is 5.43 Å². The number of ether oxygens (including phenoxy) is 1. The topological polar surface area (TPSA) is 88.0 Å². The molecule has 15 heavy (non-hydrogen) atoms. The van der Waals surface area contributed by atoms with Crippen LogP contribution in [0.5, 0.6) is 0 Å². The van der Waals surface area contributed by atoms with Gasteiger partial charge in [-0.2, -0.15) is 5.10 Å². The molecule has 0 aromatic rings. The van der Waals surface area contributed by atoms with Crippen molar-refractivity contribution >= 4 is 18.3 Å². The van der Waals surface area contributed by atoms with Gasteiger partial charge in [0.25, 0.3) is 0 Å². The van der Waals surface area contributed by atoms with Gasteiger partial charge in [0.05, 0.1) is 6.61 Å². The summed E-state index contributed by atoms with van der Waals surface area (Å²) in [4.78, 5) is 21.0. The Morgan fingerprint density at radius 3 is 2.80 bits per heavy atom. The molecule has 0 aliphatic rings. The van der Waals surface area contributed by atoms with Gasteiger partial charge in [-0.25, -0.2) is 10.2 Å². The maximum Gasteiger partial charge on any atom is 0.427 e. The highest BCUT2D eigenvalue weighted by Crippen LogP contribution is 2.04. The molecule has 0 rings (SSSR count). The second-order valence-corrected chi connectivity index (χ2v) is 3.08. The zero-order chi connectivity index (χ0) is 11.7. The SMILES string of the molecule is CCOC(=O)NN=CCC(C)CC(=O)O. The molecule has 0 spiro atoms. The van der Waals surface area contributed by atoms with Gasteiger partial charge in [0.1, 0.15) is 0 Å². The Hall–Kier alpha value is -1.59. The van der Waals surface area contributed by atoms with Crippen LogP contribution in [0.3, 0.4) is 0 Å². The molecule has 0 aromatic carbocycles. The first kappa shape index (κ1) is 13.4. The van der Waals surface area contributed by atoms with Crippen LogP contribution in [0, 0.1) is 5.92 Å². The molecule has 1 unspecified atom stereocenters. The maximum absolute atomic E-state index is 10.7. The van der Waals surface area contributed by atoms with Crippen LogP contribution in [-0.4, -0.2) is 30.0 Å². The van der Waals surface area contributed by atoms with Crippen molar-refractivity contribution in [2.75, 3.05) is 6.61 Å². The number of carbonyl (C=O) groups is 2. The fourth-order valence-corrected chi connectivity index (χ4v) is 0.876. The van der Waals surface area contributed by atoms with E-state index in [-0.39, 0.29) is 18.9 Å². The molecule has 0 radical (unpaired) electrons. The van der Waals surface area contributed by atoms with Crippen molar-refractivity contribution in [3.8, 4) is 0 Å². The molecule has 2 N–H and O–H groups in total. The first-order chi connectivity index (χ1) is 7.06. The monoisotopic (exact) mass is 216 g/mol. The predicted octanol–water partition coefficient (Wildman–Crippen LogP) is 1.22. The van der Waals surface area contributed by atoms with Crippen molar-refractivity contribution < 1.29 is 19.4 Å². The minimum atomic E-state index is -0.839. The van der Waals surface area contributed by atoms with Gasteiger partial charge in [0.15, 0.2) is 0 Å². The Balaban J connectivity index is 3.61. The molecule has 0 fully saturated rings. The van der Waals surface area contributed by atoms with Crippen LogP contribution in [0.25, 0.3) is 0 Å². The number of aliphatic carboxylic acids is 1. The second-order valence-electron chi connectivity index (χ2n) is 3.08. The number of hydrogen-bond donors (Lipinski definition) is 2. The van der Waals surface area contributed by atoms with Gasteiger partial charge in [-0.15, -0.1) is 0 Å². The summed E-state index contributed by atoms with van der Waals surface area (Å²) in [5.74, 6) is -0.843. The van der Waals surface area contributed by atoms with Crippen LogP contribution in [0.15, 0.2) is 5.10 Å². The van der Waals surface area contributed by atoms with Gasteiger partial charge in [-0.3, -0.25) is 4.79 Å². The number of carbonyl (C=O) groups excluding carboxylic acids is 1. The summed E-state index contributed by atoms with van der Waals surface area (Å²) in [5.41, 5.74) is 2.15. The largest absolute Gasteiger partial charge is 0.481 e. The lowest BCUT2D eigenvalue weighted by Gasteiger charge is -2.03. The zero-order valence-electron chi connectivity index (χ0n) is 8.90. The number of carboxylic acid groups (broad SMARTS) is 1. The van der Waals surface area contributed by atoms with E-state index in [2.05, 4.69) is 15.3 Å². The van der Waals surface area contributed by atoms with Crippen molar-refractivity contribution in [1.29, 1.82) is 0 Å². The third kappa shape index (κ3) is 8.73. The van der Waals surface area contributed by atoms with E-state index < -0.39 is 12.1 Å². The molecule has 0 aliphatic carbocycles. The van der Waals surface area contributed by atoms with E-state index in [4.69, 9.17) is 5.11 Å². The molecule has 0 saturated heterocycles. The predicted molar refractivity (Wildman–Crippen MR) is 54.7 cm³/mol.